The fourth-order valence-corrected chi connectivity index (χ4v) is 3.09. The van der Waals surface area contributed by atoms with Gasteiger partial charge < -0.3 is 19.2 Å². The SMILES string of the molecule is CCCCCCOc1ccc(C(=O)Nc2cccc3c(=O)cc(C(=O)OC)oc23)cc1. The second kappa shape index (κ2) is 10.4. The van der Waals surface area contributed by atoms with E-state index in [4.69, 9.17) is 9.15 Å². The number of unbranched alkanes of at least 4 members (excludes halogenated alkanes) is 3. The summed E-state index contributed by atoms with van der Waals surface area (Å²) in [5.74, 6) is -0.687. The van der Waals surface area contributed by atoms with Gasteiger partial charge in [-0.3, -0.25) is 9.59 Å². The molecule has 3 rings (SSSR count). The molecule has 0 bridgehead atoms. The lowest BCUT2D eigenvalue weighted by Crippen LogP contribution is -2.14. The van der Waals surface area contributed by atoms with Crippen molar-refractivity contribution in [1.82, 2.24) is 0 Å². The lowest BCUT2D eigenvalue weighted by atomic mass is 10.1. The normalized spacial score (nSPS) is 10.6. The average molecular weight is 423 g/mol. The summed E-state index contributed by atoms with van der Waals surface area (Å²) < 4.78 is 15.9. The predicted molar refractivity (Wildman–Crippen MR) is 118 cm³/mol. The largest absolute Gasteiger partial charge is 0.494 e. The fourth-order valence-electron chi connectivity index (χ4n) is 3.09. The highest BCUT2D eigenvalue weighted by Crippen LogP contribution is 2.23. The molecule has 0 aliphatic rings. The third kappa shape index (κ3) is 5.51. The Morgan fingerprint density at radius 1 is 1.03 bits per heavy atom. The number of para-hydroxylation sites is 1. The van der Waals surface area contributed by atoms with Gasteiger partial charge in [-0.25, -0.2) is 4.79 Å². The highest BCUT2D eigenvalue weighted by atomic mass is 16.5. The first-order chi connectivity index (χ1) is 15.0. The molecular weight excluding hydrogens is 398 g/mol. The van der Waals surface area contributed by atoms with E-state index in [0.717, 1.165) is 18.9 Å². The number of methoxy groups -OCH3 is 1. The molecule has 1 N–H and O–H groups in total. The van der Waals surface area contributed by atoms with Crippen LogP contribution in [-0.2, 0) is 4.74 Å². The van der Waals surface area contributed by atoms with Gasteiger partial charge >= 0.3 is 5.97 Å². The van der Waals surface area contributed by atoms with Gasteiger partial charge in [-0.2, -0.15) is 0 Å². The van der Waals surface area contributed by atoms with Crippen LogP contribution >= 0.6 is 0 Å². The summed E-state index contributed by atoms with van der Waals surface area (Å²) in [6, 6.07) is 12.7. The van der Waals surface area contributed by atoms with E-state index in [1.807, 2.05) is 0 Å². The molecule has 0 saturated heterocycles. The Morgan fingerprint density at radius 3 is 2.52 bits per heavy atom. The van der Waals surface area contributed by atoms with Crippen LogP contribution in [0.25, 0.3) is 11.0 Å². The molecule has 7 heteroatoms. The maximum atomic E-state index is 12.7. The van der Waals surface area contributed by atoms with Crippen molar-refractivity contribution in [3.05, 3.63) is 70.1 Å². The van der Waals surface area contributed by atoms with Crippen LogP contribution in [0.5, 0.6) is 5.75 Å². The van der Waals surface area contributed by atoms with Crippen molar-refractivity contribution < 1.29 is 23.5 Å². The summed E-state index contributed by atoms with van der Waals surface area (Å²) in [6.45, 7) is 2.80. The Bertz CT molecular complexity index is 1120. The average Bonchev–Trinajstić information content (AvgIpc) is 2.79. The molecule has 1 aromatic heterocycles. The number of hydrogen-bond donors (Lipinski definition) is 1. The first-order valence-corrected chi connectivity index (χ1v) is 10.2. The third-order valence-corrected chi connectivity index (χ3v) is 4.77. The number of amides is 1. The Labute approximate surface area is 180 Å². The number of nitrogens with one attached hydrogen (secondary N) is 1. The summed E-state index contributed by atoms with van der Waals surface area (Å²) in [5, 5.41) is 2.98. The van der Waals surface area contributed by atoms with Crippen molar-refractivity contribution >= 4 is 28.5 Å². The zero-order valence-electron chi connectivity index (χ0n) is 17.6. The number of carbonyl (C=O) groups is 2. The quantitative estimate of drug-likeness (QED) is 0.393. The maximum Gasteiger partial charge on any atom is 0.374 e. The van der Waals surface area contributed by atoms with Gasteiger partial charge in [-0.05, 0) is 42.8 Å². The van der Waals surface area contributed by atoms with Crippen molar-refractivity contribution in [2.75, 3.05) is 19.0 Å². The van der Waals surface area contributed by atoms with Gasteiger partial charge in [-0.15, -0.1) is 0 Å². The minimum atomic E-state index is -0.773. The summed E-state index contributed by atoms with van der Waals surface area (Å²) in [5.41, 5.74) is 0.400. The van der Waals surface area contributed by atoms with Crippen molar-refractivity contribution in [3.63, 3.8) is 0 Å². The Kier molecular flexibility index (Phi) is 7.43. The number of rotatable bonds is 9. The van der Waals surface area contributed by atoms with E-state index < -0.39 is 11.4 Å². The number of ether oxygens (including phenoxy) is 2. The molecule has 0 unspecified atom stereocenters. The molecule has 0 fully saturated rings. The summed E-state index contributed by atoms with van der Waals surface area (Å²) in [7, 11) is 1.19. The predicted octanol–water partition coefficient (Wildman–Crippen LogP) is 4.79. The molecule has 0 aliphatic heterocycles. The smallest absolute Gasteiger partial charge is 0.374 e. The standard InChI is InChI=1S/C24H25NO6/c1-3-4-5-6-14-30-17-12-10-16(11-13-17)23(27)25-19-9-7-8-18-20(26)15-21(24(28)29-2)31-22(18)19/h7-13,15H,3-6,14H2,1-2H3,(H,25,27). The zero-order valence-corrected chi connectivity index (χ0v) is 17.6. The molecule has 162 valence electrons. The zero-order chi connectivity index (χ0) is 22.2. The van der Waals surface area contributed by atoms with Crippen LogP contribution in [0.4, 0.5) is 5.69 Å². The van der Waals surface area contributed by atoms with Gasteiger partial charge in [0.1, 0.15) is 5.75 Å². The first kappa shape index (κ1) is 22.1. The molecule has 0 saturated carbocycles. The molecule has 0 spiro atoms. The van der Waals surface area contributed by atoms with Gasteiger partial charge in [0.05, 0.1) is 24.8 Å². The molecule has 31 heavy (non-hydrogen) atoms. The number of hydrogen-bond acceptors (Lipinski definition) is 6. The molecule has 3 aromatic rings. The van der Waals surface area contributed by atoms with Crippen molar-refractivity contribution in [3.8, 4) is 5.75 Å². The number of carbonyl (C=O) groups excluding carboxylic acids is 2. The Morgan fingerprint density at radius 2 is 1.81 bits per heavy atom. The first-order valence-electron chi connectivity index (χ1n) is 10.2. The van der Waals surface area contributed by atoms with E-state index in [0.29, 0.717) is 17.9 Å². The van der Waals surface area contributed by atoms with E-state index in [2.05, 4.69) is 17.0 Å². The van der Waals surface area contributed by atoms with Gasteiger partial charge in [0, 0.05) is 11.6 Å². The van der Waals surface area contributed by atoms with Crippen LogP contribution in [0.3, 0.4) is 0 Å². The second-order valence-electron chi connectivity index (χ2n) is 7.04. The van der Waals surface area contributed by atoms with Crippen LogP contribution in [0.2, 0.25) is 0 Å². The van der Waals surface area contributed by atoms with Gasteiger partial charge in [0.25, 0.3) is 5.91 Å². The van der Waals surface area contributed by atoms with E-state index in [-0.39, 0.29) is 28.3 Å². The topological polar surface area (TPSA) is 94.8 Å². The highest BCUT2D eigenvalue weighted by molar-refractivity contribution is 6.08. The second-order valence-corrected chi connectivity index (χ2v) is 7.04. The monoisotopic (exact) mass is 423 g/mol. The highest BCUT2D eigenvalue weighted by Gasteiger charge is 2.16. The number of fused-ring (bicyclic) bond motifs is 1. The van der Waals surface area contributed by atoms with Gasteiger partial charge in [0.2, 0.25) is 5.76 Å². The van der Waals surface area contributed by atoms with Crippen LogP contribution in [0, 0.1) is 0 Å². The lowest BCUT2D eigenvalue weighted by molar-refractivity contribution is 0.0565. The number of esters is 1. The van der Waals surface area contributed by atoms with Crippen LogP contribution in [-0.4, -0.2) is 25.6 Å². The van der Waals surface area contributed by atoms with Crippen molar-refractivity contribution in [2.45, 2.75) is 32.6 Å². The van der Waals surface area contributed by atoms with E-state index >= 15 is 0 Å². The van der Waals surface area contributed by atoms with Gasteiger partial charge in [0.15, 0.2) is 11.0 Å². The molecule has 7 nitrogen and oxygen atoms in total. The fraction of sp³-hybridized carbons (Fsp3) is 0.292. The molecule has 1 heterocycles. The van der Waals surface area contributed by atoms with E-state index in [1.54, 1.807) is 42.5 Å². The summed E-state index contributed by atoms with van der Waals surface area (Å²) in [4.78, 5) is 36.8. The molecular formula is C24H25NO6. The van der Waals surface area contributed by atoms with Crippen LogP contribution in [0.1, 0.15) is 53.5 Å². The lowest BCUT2D eigenvalue weighted by Gasteiger charge is -2.10. The minimum Gasteiger partial charge on any atom is -0.494 e. The van der Waals surface area contributed by atoms with Gasteiger partial charge in [-0.1, -0.05) is 32.3 Å². The van der Waals surface area contributed by atoms with E-state index in [1.165, 1.54) is 20.0 Å². The molecule has 0 atom stereocenters. The van der Waals surface area contributed by atoms with Crippen molar-refractivity contribution in [2.24, 2.45) is 0 Å². The molecule has 2 aromatic carbocycles. The summed E-state index contributed by atoms with van der Waals surface area (Å²) >= 11 is 0. The molecule has 0 radical (unpaired) electrons. The minimum absolute atomic E-state index is 0.107. The Balaban J connectivity index is 1.75. The molecule has 1 amide bonds. The Hall–Kier alpha value is -3.61. The number of benzene rings is 2. The molecule has 0 aliphatic carbocycles. The third-order valence-electron chi connectivity index (χ3n) is 4.77. The summed E-state index contributed by atoms with van der Waals surface area (Å²) in [6.07, 6.45) is 4.50. The van der Waals surface area contributed by atoms with Crippen LogP contribution in [0.15, 0.2) is 57.7 Å². The van der Waals surface area contributed by atoms with E-state index in [9.17, 15) is 14.4 Å². The maximum absolute atomic E-state index is 12.7. The van der Waals surface area contributed by atoms with Crippen LogP contribution < -0.4 is 15.5 Å². The number of anilines is 1. The van der Waals surface area contributed by atoms with Crippen molar-refractivity contribution in [1.29, 1.82) is 0 Å².